The Balaban J connectivity index is 1.66. The van der Waals surface area contributed by atoms with Gasteiger partial charge in [0.05, 0.1) is 11.5 Å². The maximum Gasteiger partial charge on any atom is 0.263 e. The molecule has 1 amide bonds. The number of rotatable bonds is 3. The average molecular weight is 308 g/mol. The molecular weight excluding hydrogens is 284 g/mol. The van der Waals surface area contributed by atoms with Gasteiger partial charge in [0, 0.05) is 31.1 Å². The van der Waals surface area contributed by atoms with Gasteiger partial charge in [-0.15, -0.1) is 11.3 Å². The number of carbonyl (C=O) groups is 1. The number of aliphatic hydroxyl groups is 1. The first kappa shape index (κ1) is 15.0. The van der Waals surface area contributed by atoms with Crippen molar-refractivity contribution in [3.05, 3.63) is 21.4 Å². The number of nitrogens with zero attached hydrogens (tertiary/aromatic N) is 2. The van der Waals surface area contributed by atoms with Gasteiger partial charge in [0.25, 0.3) is 5.91 Å². The molecule has 1 saturated heterocycles. The number of fused-ring (bicyclic) bond motifs is 1. The third kappa shape index (κ3) is 3.47. The molecule has 0 radical (unpaired) electrons. The molecule has 116 valence electrons. The summed E-state index contributed by atoms with van der Waals surface area (Å²) in [5.41, 5.74) is 1.41. The van der Waals surface area contributed by atoms with Gasteiger partial charge >= 0.3 is 0 Å². The normalized spacial score (nSPS) is 20.1. The number of β-amino-alcohol motifs (C(OH)–C–C–N with tert-alkyl or cyclic N) is 1. The van der Waals surface area contributed by atoms with Crippen molar-refractivity contribution in [3.8, 4) is 0 Å². The van der Waals surface area contributed by atoms with Crippen LogP contribution < -0.4 is 0 Å². The Morgan fingerprint density at radius 3 is 2.81 bits per heavy atom. The Bertz CT molecular complexity index is 477. The lowest BCUT2D eigenvalue weighted by Gasteiger charge is -2.20. The summed E-state index contributed by atoms with van der Waals surface area (Å²) in [6.45, 7) is 4.38. The second-order valence-electron chi connectivity index (χ2n) is 5.98. The molecule has 21 heavy (non-hydrogen) atoms. The molecule has 2 heterocycles. The van der Waals surface area contributed by atoms with Crippen molar-refractivity contribution in [1.29, 1.82) is 0 Å². The minimum absolute atomic E-state index is 0.200. The first-order chi connectivity index (χ1) is 10.3. The molecule has 1 fully saturated rings. The quantitative estimate of drug-likeness (QED) is 0.925. The number of carbonyl (C=O) groups excluding carboxylic acids is 1. The van der Waals surface area contributed by atoms with E-state index < -0.39 is 0 Å². The van der Waals surface area contributed by atoms with Crippen LogP contribution in [0.15, 0.2) is 6.07 Å². The van der Waals surface area contributed by atoms with Gasteiger partial charge in [-0.05, 0) is 50.3 Å². The largest absolute Gasteiger partial charge is 0.395 e. The van der Waals surface area contributed by atoms with E-state index in [9.17, 15) is 4.79 Å². The summed E-state index contributed by atoms with van der Waals surface area (Å²) >= 11 is 1.71. The molecule has 0 saturated carbocycles. The fraction of sp³-hybridized carbons (Fsp3) is 0.688. The lowest BCUT2D eigenvalue weighted by Crippen LogP contribution is -2.35. The monoisotopic (exact) mass is 308 g/mol. The highest BCUT2D eigenvalue weighted by atomic mass is 32.1. The van der Waals surface area contributed by atoms with Crippen molar-refractivity contribution in [2.45, 2.75) is 32.1 Å². The maximum absolute atomic E-state index is 12.7. The molecular formula is C16H24N2O2S. The molecule has 1 aliphatic carbocycles. The Hall–Kier alpha value is -0.910. The van der Waals surface area contributed by atoms with Crippen LogP contribution in [0.4, 0.5) is 0 Å². The van der Waals surface area contributed by atoms with Crippen molar-refractivity contribution in [1.82, 2.24) is 9.80 Å². The second kappa shape index (κ2) is 6.90. The first-order valence-electron chi connectivity index (χ1n) is 8.02. The summed E-state index contributed by atoms with van der Waals surface area (Å²) in [6, 6.07) is 2.14. The molecule has 0 bridgehead atoms. The van der Waals surface area contributed by atoms with Gasteiger partial charge < -0.3 is 10.0 Å². The Morgan fingerprint density at radius 1 is 1.14 bits per heavy atom. The first-order valence-corrected chi connectivity index (χ1v) is 8.83. The Labute approximate surface area is 130 Å². The second-order valence-corrected chi connectivity index (χ2v) is 7.11. The van der Waals surface area contributed by atoms with E-state index in [1.165, 1.54) is 23.3 Å². The van der Waals surface area contributed by atoms with E-state index >= 15 is 0 Å². The van der Waals surface area contributed by atoms with Gasteiger partial charge in [-0.25, -0.2) is 0 Å². The average Bonchev–Trinajstić information content (AvgIpc) is 2.80. The third-order valence-electron chi connectivity index (χ3n) is 4.50. The molecule has 3 rings (SSSR count). The zero-order valence-electron chi connectivity index (χ0n) is 12.5. The van der Waals surface area contributed by atoms with E-state index in [0.29, 0.717) is 0 Å². The Kier molecular flexibility index (Phi) is 4.93. The predicted molar refractivity (Wildman–Crippen MR) is 85.0 cm³/mol. The summed E-state index contributed by atoms with van der Waals surface area (Å²) in [6.07, 6.45) is 5.82. The van der Waals surface area contributed by atoms with Crippen LogP contribution in [0.5, 0.6) is 0 Å². The van der Waals surface area contributed by atoms with Crippen LogP contribution in [-0.4, -0.2) is 60.1 Å². The van der Waals surface area contributed by atoms with E-state index in [1.54, 1.807) is 11.3 Å². The topological polar surface area (TPSA) is 43.8 Å². The molecule has 5 heteroatoms. The minimum Gasteiger partial charge on any atom is -0.395 e. The molecule has 0 spiro atoms. The predicted octanol–water partition coefficient (Wildman–Crippen LogP) is 1.77. The smallest absolute Gasteiger partial charge is 0.263 e. The zero-order chi connectivity index (χ0) is 14.7. The van der Waals surface area contributed by atoms with Crippen LogP contribution in [0.3, 0.4) is 0 Å². The Morgan fingerprint density at radius 2 is 2.00 bits per heavy atom. The lowest BCUT2D eigenvalue weighted by atomic mass is 9.99. The van der Waals surface area contributed by atoms with Crippen molar-refractivity contribution < 1.29 is 9.90 Å². The van der Waals surface area contributed by atoms with Gasteiger partial charge in [0.1, 0.15) is 0 Å². The summed E-state index contributed by atoms with van der Waals surface area (Å²) in [5.74, 6) is 0.209. The van der Waals surface area contributed by atoms with Gasteiger partial charge in [-0.3, -0.25) is 9.69 Å². The van der Waals surface area contributed by atoms with Crippen LogP contribution in [0.1, 0.15) is 39.4 Å². The molecule has 1 aromatic rings. The molecule has 1 aliphatic heterocycles. The molecule has 0 unspecified atom stereocenters. The third-order valence-corrected chi connectivity index (χ3v) is 5.72. The fourth-order valence-electron chi connectivity index (χ4n) is 3.29. The number of aliphatic hydroxyl groups excluding tert-OH is 1. The highest BCUT2D eigenvalue weighted by molar-refractivity contribution is 7.14. The van der Waals surface area contributed by atoms with E-state index in [-0.39, 0.29) is 12.5 Å². The van der Waals surface area contributed by atoms with Gasteiger partial charge in [0.15, 0.2) is 0 Å². The SMILES string of the molecule is O=C(c1cc2c(s1)CCCC2)N1CCCN(CCO)CC1. The number of hydrogen-bond acceptors (Lipinski definition) is 4. The van der Waals surface area contributed by atoms with E-state index in [4.69, 9.17) is 5.11 Å². The molecule has 2 aliphatic rings. The minimum atomic E-state index is 0.200. The van der Waals surface area contributed by atoms with Crippen LogP contribution in [-0.2, 0) is 12.8 Å². The fourth-order valence-corrected chi connectivity index (χ4v) is 4.51. The number of thiophene rings is 1. The molecule has 0 atom stereocenters. The van der Waals surface area contributed by atoms with E-state index in [2.05, 4.69) is 11.0 Å². The lowest BCUT2D eigenvalue weighted by molar-refractivity contribution is 0.0765. The van der Waals surface area contributed by atoms with Crippen LogP contribution in [0, 0.1) is 0 Å². The van der Waals surface area contributed by atoms with Crippen LogP contribution in [0.2, 0.25) is 0 Å². The molecule has 1 aromatic heterocycles. The number of hydrogen-bond donors (Lipinski definition) is 1. The van der Waals surface area contributed by atoms with Gasteiger partial charge in [0.2, 0.25) is 0 Å². The maximum atomic E-state index is 12.7. The van der Waals surface area contributed by atoms with Crippen molar-refractivity contribution in [2.24, 2.45) is 0 Å². The zero-order valence-corrected chi connectivity index (χ0v) is 13.3. The van der Waals surface area contributed by atoms with Crippen molar-refractivity contribution in [3.63, 3.8) is 0 Å². The van der Waals surface area contributed by atoms with Gasteiger partial charge in [-0.1, -0.05) is 0 Å². The van der Waals surface area contributed by atoms with Crippen LogP contribution >= 0.6 is 11.3 Å². The number of aryl methyl sites for hydroxylation is 2. The highest BCUT2D eigenvalue weighted by Crippen LogP contribution is 2.30. The standard InChI is InChI=1S/C16H24N2O2S/c19-11-10-17-6-3-7-18(9-8-17)16(20)15-12-13-4-1-2-5-14(13)21-15/h12,19H,1-11H2. The summed E-state index contributed by atoms with van der Waals surface area (Å²) in [4.78, 5) is 19.3. The molecule has 0 aromatic carbocycles. The van der Waals surface area contributed by atoms with E-state index in [0.717, 1.165) is 56.9 Å². The summed E-state index contributed by atoms with van der Waals surface area (Å²) in [7, 11) is 0. The summed E-state index contributed by atoms with van der Waals surface area (Å²) < 4.78 is 0. The van der Waals surface area contributed by atoms with Crippen molar-refractivity contribution in [2.75, 3.05) is 39.3 Å². The van der Waals surface area contributed by atoms with Crippen molar-refractivity contribution >= 4 is 17.2 Å². The molecule has 4 nitrogen and oxygen atoms in total. The highest BCUT2D eigenvalue weighted by Gasteiger charge is 2.23. The summed E-state index contributed by atoms with van der Waals surface area (Å²) in [5, 5.41) is 9.04. The van der Waals surface area contributed by atoms with E-state index in [1.807, 2.05) is 4.90 Å². The number of amides is 1. The van der Waals surface area contributed by atoms with Gasteiger partial charge in [-0.2, -0.15) is 0 Å². The van der Waals surface area contributed by atoms with Crippen LogP contribution in [0.25, 0.3) is 0 Å². The molecule has 1 N–H and O–H groups in total.